The standard InChI is InChI=1S/C30H38N2O6/c1-20(2)17-22(19-33)32-26-28(35)31(18-21-11-6-5-7-12-21)15-10-14-30(26)25(27(32)34)24-23(38-30)13-8-3-4-9-16-37-29(24)36/h5-8,10-14,20,22-26,33H,3-4,9,15-19H2,1-2H3/b13-8-/t22-,23+,24-,25+,26?,30+/m1/s1. The van der Waals surface area contributed by atoms with Crippen molar-refractivity contribution in [2.24, 2.45) is 17.8 Å². The molecule has 0 aromatic heterocycles. The first-order valence-electron chi connectivity index (χ1n) is 13.8. The lowest BCUT2D eigenvalue weighted by Gasteiger charge is -2.39. The van der Waals surface area contributed by atoms with Gasteiger partial charge in [0.25, 0.3) is 0 Å². The minimum absolute atomic E-state index is 0.184. The zero-order valence-electron chi connectivity index (χ0n) is 22.2. The van der Waals surface area contributed by atoms with Gasteiger partial charge in [-0.1, -0.05) is 68.5 Å². The van der Waals surface area contributed by atoms with Crippen LogP contribution >= 0.6 is 0 Å². The van der Waals surface area contributed by atoms with Gasteiger partial charge in [0.1, 0.15) is 17.6 Å². The first-order chi connectivity index (χ1) is 18.4. The summed E-state index contributed by atoms with van der Waals surface area (Å²) >= 11 is 0. The molecule has 0 saturated carbocycles. The van der Waals surface area contributed by atoms with Gasteiger partial charge in [-0.15, -0.1) is 0 Å². The zero-order chi connectivity index (χ0) is 26.9. The molecule has 1 aromatic carbocycles. The first-order valence-corrected chi connectivity index (χ1v) is 13.8. The molecule has 4 aliphatic heterocycles. The Kier molecular flexibility index (Phi) is 7.73. The number of benzene rings is 1. The van der Waals surface area contributed by atoms with Crippen LogP contribution in [0.2, 0.25) is 0 Å². The summed E-state index contributed by atoms with van der Waals surface area (Å²) in [7, 11) is 0. The second kappa shape index (κ2) is 11.0. The molecule has 6 atom stereocenters. The number of ether oxygens (including phenoxy) is 2. The van der Waals surface area contributed by atoms with E-state index in [1.165, 1.54) is 4.90 Å². The lowest BCUT2D eigenvalue weighted by atomic mass is 9.78. The number of fused-ring (bicyclic) bond motifs is 2. The minimum atomic E-state index is -1.32. The molecule has 2 amide bonds. The van der Waals surface area contributed by atoms with Crippen molar-refractivity contribution in [1.29, 1.82) is 0 Å². The number of hydrogen-bond donors (Lipinski definition) is 1. The number of allylic oxidation sites excluding steroid dienone is 1. The summed E-state index contributed by atoms with van der Waals surface area (Å²) < 4.78 is 12.3. The molecule has 1 aromatic rings. The van der Waals surface area contributed by atoms with Crippen LogP contribution in [-0.4, -0.2) is 76.2 Å². The Morgan fingerprint density at radius 1 is 1.08 bits per heavy atom. The Hall–Kier alpha value is -2.97. The molecule has 204 valence electrons. The van der Waals surface area contributed by atoms with E-state index in [0.29, 0.717) is 26.1 Å². The average Bonchev–Trinajstić information content (AvgIpc) is 3.30. The normalized spacial score (nSPS) is 32.9. The van der Waals surface area contributed by atoms with Crippen molar-refractivity contribution in [3.05, 3.63) is 60.2 Å². The summed E-state index contributed by atoms with van der Waals surface area (Å²) in [6, 6.07) is 8.16. The third kappa shape index (κ3) is 4.69. The fourth-order valence-electron chi connectivity index (χ4n) is 6.56. The monoisotopic (exact) mass is 522 g/mol. The summed E-state index contributed by atoms with van der Waals surface area (Å²) in [6.45, 7) is 4.79. The molecule has 5 rings (SSSR count). The van der Waals surface area contributed by atoms with Crippen LogP contribution in [0.4, 0.5) is 0 Å². The predicted octanol–water partition coefficient (Wildman–Crippen LogP) is 2.86. The molecule has 38 heavy (non-hydrogen) atoms. The number of aliphatic hydroxyl groups is 1. The van der Waals surface area contributed by atoms with E-state index >= 15 is 0 Å². The number of cyclic esters (lactones) is 1. The van der Waals surface area contributed by atoms with Crippen LogP contribution in [0.25, 0.3) is 0 Å². The smallest absolute Gasteiger partial charge is 0.312 e. The minimum Gasteiger partial charge on any atom is -0.465 e. The molecular formula is C30H38N2O6. The van der Waals surface area contributed by atoms with Gasteiger partial charge in [-0.25, -0.2) is 0 Å². The van der Waals surface area contributed by atoms with Gasteiger partial charge in [0.2, 0.25) is 11.8 Å². The highest BCUT2D eigenvalue weighted by molar-refractivity contribution is 5.99. The van der Waals surface area contributed by atoms with Gasteiger partial charge >= 0.3 is 5.97 Å². The molecule has 8 heteroatoms. The maximum absolute atomic E-state index is 14.4. The van der Waals surface area contributed by atoms with Crippen molar-refractivity contribution in [2.45, 2.75) is 69.9 Å². The van der Waals surface area contributed by atoms with Gasteiger partial charge < -0.3 is 24.4 Å². The van der Waals surface area contributed by atoms with Gasteiger partial charge in [-0.05, 0) is 37.2 Å². The highest BCUT2D eigenvalue weighted by Crippen LogP contribution is 2.54. The van der Waals surface area contributed by atoms with Gasteiger partial charge in [0.15, 0.2) is 0 Å². The number of hydrogen-bond acceptors (Lipinski definition) is 6. The van der Waals surface area contributed by atoms with Crippen molar-refractivity contribution in [2.75, 3.05) is 19.8 Å². The van der Waals surface area contributed by atoms with E-state index in [0.717, 1.165) is 24.8 Å². The zero-order valence-corrected chi connectivity index (χ0v) is 22.2. The third-order valence-corrected chi connectivity index (χ3v) is 8.19. The van der Waals surface area contributed by atoms with Gasteiger partial charge in [-0.2, -0.15) is 0 Å². The van der Waals surface area contributed by atoms with E-state index in [9.17, 15) is 19.5 Å². The van der Waals surface area contributed by atoms with E-state index in [1.54, 1.807) is 4.90 Å². The van der Waals surface area contributed by atoms with Crippen molar-refractivity contribution in [3.63, 3.8) is 0 Å². The molecular weight excluding hydrogens is 484 g/mol. The van der Waals surface area contributed by atoms with E-state index in [-0.39, 0.29) is 24.3 Å². The topological polar surface area (TPSA) is 96.4 Å². The van der Waals surface area contributed by atoms with Crippen LogP contribution in [0.15, 0.2) is 54.6 Å². The summed E-state index contributed by atoms with van der Waals surface area (Å²) in [5.74, 6) is -2.62. The highest BCUT2D eigenvalue weighted by Gasteiger charge is 2.72. The Balaban J connectivity index is 1.59. The fourth-order valence-corrected chi connectivity index (χ4v) is 6.56. The van der Waals surface area contributed by atoms with Gasteiger partial charge in [0.05, 0.1) is 31.3 Å². The van der Waals surface area contributed by atoms with Crippen LogP contribution in [0.5, 0.6) is 0 Å². The number of aliphatic hydroxyl groups excluding tert-OH is 1. The summed E-state index contributed by atoms with van der Waals surface area (Å²) in [5, 5.41) is 10.4. The maximum Gasteiger partial charge on any atom is 0.312 e. The highest BCUT2D eigenvalue weighted by atomic mass is 16.6. The van der Waals surface area contributed by atoms with Crippen molar-refractivity contribution < 1.29 is 29.0 Å². The number of carbonyl (C=O) groups is 3. The van der Waals surface area contributed by atoms with Crippen LogP contribution in [0.3, 0.4) is 0 Å². The van der Waals surface area contributed by atoms with E-state index in [4.69, 9.17) is 9.47 Å². The molecule has 4 heterocycles. The quantitative estimate of drug-likeness (QED) is 0.456. The lowest BCUT2D eigenvalue weighted by Crippen LogP contribution is -2.58. The van der Waals surface area contributed by atoms with Crippen molar-refractivity contribution in [1.82, 2.24) is 9.80 Å². The third-order valence-electron chi connectivity index (χ3n) is 8.19. The molecule has 0 aliphatic carbocycles. The second-order valence-corrected chi connectivity index (χ2v) is 11.3. The Labute approximate surface area is 224 Å². The summed E-state index contributed by atoms with van der Waals surface area (Å²) in [4.78, 5) is 45.3. The molecule has 2 fully saturated rings. The molecule has 0 radical (unpaired) electrons. The predicted molar refractivity (Wildman–Crippen MR) is 140 cm³/mol. The lowest BCUT2D eigenvalue weighted by molar-refractivity contribution is -0.156. The largest absolute Gasteiger partial charge is 0.465 e. The molecule has 1 unspecified atom stereocenters. The molecule has 1 spiro atoms. The Morgan fingerprint density at radius 2 is 1.87 bits per heavy atom. The van der Waals surface area contributed by atoms with Crippen molar-refractivity contribution in [3.8, 4) is 0 Å². The average molecular weight is 523 g/mol. The maximum atomic E-state index is 14.4. The molecule has 4 aliphatic rings. The van der Waals surface area contributed by atoms with Gasteiger partial charge in [-0.3, -0.25) is 14.4 Å². The molecule has 0 bridgehead atoms. The number of esters is 1. The van der Waals surface area contributed by atoms with Crippen molar-refractivity contribution >= 4 is 17.8 Å². The van der Waals surface area contributed by atoms with Crippen LogP contribution in [0, 0.1) is 17.8 Å². The number of nitrogens with zero attached hydrogens (tertiary/aromatic N) is 2. The Morgan fingerprint density at radius 3 is 2.61 bits per heavy atom. The molecule has 1 N–H and O–H groups in total. The first kappa shape index (κ1) is 26.6. The number of amides is 2. The number of rotatable bonds is 6. The Bertz CT molecular complexity index is 1100. The number of carbonyl (C=O) groups excluding carboxylic acids is 3. The van der Waals surface area contributed by atoms with Crippen LogP contribution in [0.1, 0.15) is 45.1 Å². The summed E-state index contributed by atoms with van der Waals surface area (Å²) in [6.07, 6.45) is 9.91. The van der Waals surface area contributed by atoms with Crippen LogP contribution in [-0.2, 0) is 30.4 Å². The van der Waals surface area contributed by atoms with E-state index < -0.39 is 41.6 Å². The number of likely N-dealkylation sites (tertiary alicyclic amines) is 1. The van der Waals surface area contributed by atoms with E-state index in [1.807, 2.05) is 68.5 Å². The molecule has 8 nitrogen and oxygen atoms in total. The SMILES string of the molecule is CC(C)C[C@H](CO)N1C(=O)[C@@H]2[C@@H]3C(=O)OCCCC/C=C\[C@@H]3O[C@@]23C=CCN(Cc2ccccc2)C(=O)C13. The van der Waals surface area contributed by atoms with Crippen LogP contribution < -0.4 is 0 Å². The van der Waals surface area contributed by atoms with E-state index in [2.05, 4.69) is 0 Å². The fraction of sp³-hybridized carbons (Fsp3) is 0.567. The molecule has 2 saturated heterocycles. The van der Waals surface area contributed by atoms with Gasteiger partial charge in [0, 0.05) is 13.1 Å². The second-order valence-electron chi connectivity index (χ2n) is 11.3. The summed E-state index contributed by atoms with van der Waals surface area (Å²) in [5.41, 5.74) is -0.344.